The lowest BCUT2D eigenvalue weighted by Crippen LogP contribution is -2.36. The second-order valence-electron chi connectivity index (χ2n) is 6.69. The molecular weight excluding hydrogens is 596 g/mol. The maximum atomic E-state index is 12.8. The number of hydrogen-bond acceptors (Lipinski definition) is 8. The number of methoxy groups -OCH3 is 2. The zero-order chi connectivity index (χ0) is 24.8. The Morgan fingerprint density at radius 1 is 1.09 bits per heavy atom. The van der Waals surface area contributed by atoms with Crippen molar-refractivity contribution in [2.75, 3.05) is 32.7 Å². The first-order valence-corrected chi connectivity index (χ1v) is 12.0. The van der Waals surface area contributed by atoms with Crippen LogP contribution in [0.4, 0.5) is 10.5 Å². The lowest BCUT2D eigenvalue weighted by atomic mass is 10.2. The molecule has 0 unspecified atom stereocenters. The van der Waals surface area contributed by atoms with Gasteiger partial charge < -0.3 is 19.5 Å². The molecule has 1 aliphatic heterocycles. The van der Waals surface area contributed by atoms with E-state index in [4.69, 9.17) is 9.47 Å². The van der Waals surface area contributed by atoms with E-state index in [-0.39, 0.29) is 17.3 Å². The Bertz CT molecular complexity index is 1190. The Morgan fingerprint density at radius 2 is 1.82 bits per heavy atom. The van der Waals surface area contributed by atoms with E-state index in [1.807, 2.05) is 0 Å². The minimum Gasteiger partial charge on any atom is -0.493 e. The van der Waals surface area contributed by atoms with Crippen LogP contribution in [0.15, 0.2) is 50.2 Å². The number of esters is 1. The summed E-state index contributed by atoms with van der Waals surface area (Å²) in [4.78, 5) is 50.0. The van der Waals surface area contributed by atoms with Gasteiger partial charge in [-0.2, -0.15) is 0 Å². The number of rotatable bonds is 8. The maximum Gasteiger partial charge on any atom is 0.343 e. The molecule has 34 heavy (non-hydrogen) atoms. The molecule has 1 aliphatic rings. The number of carbonyl (C=O) groups is 4. The molecular formula is C22H18Br2N2O7S. The zero-order valence-electron chi connectivity index (χ0n) is 17.9. The quantitative estimate of drug-likeness (QED) is 0.343. The third-order valence-corrected chi connectivity index (χ3v) is 6.75. The first-order chi connectivity index (χ1) is 16.2. The number of halogens is 2. The summed E-state index contributed by atoms with van der Waals surface area (Å²) in [6, 6.07) is 10.2. The molecule has 0 atom stereocenters. The van der Waals surface area contributed by atoms with Gasteiger partial charge in [0.1, 0.15) is 6.54 Å². The molecule has 1 heterocycles. The Balaban J connectivity index is 1.75. The van der Waals surface area contributed by atoms with Crippen molar-refractivity contribution in [3.63, 3.8) is 0 Å². The summed E-state index contributed by atoms with van der Waals surface area (Å²) >= 11 is 7.45. The van der Waals surface area contributed by atoms with Crippen LogP contribution in [0.2, 0.25) is 0 Å². The van der Waals surface area contributed by atoms with Crippen LogP contribution in [0.3, 0.4) is 0 Å². The van der Waals surface area contributed by atoms with E-state index in [1.54, 1.807) is 36.4 Å². The third-order valence-electron chi connectivity index (χ3n) is 4.47. The summed E-state index contributed by atoms with van der Waals surface area (Å²) < 4.78 is 16.5. The van der Waals surface area contributed by atoms with Crippen molar-refractivity contribution in [2.24, 2.45) is 0 Å². The lowest BCUT2D eigenvalue weighted by Gasteiger charge is -2.13. The lowest BCUT2D eigenvalue weighted by molar-refractivity contribution is -0.143. The number of amides is 3. The van der Waals surface area contributed by atoms with Gasteiger partial charge in [-0.1, -0.05) is 28.1 Å². The molecule has 12 heteroatoms. The van der Waals surface area contributed by atoms with E-state index in [0.29, 0.717) is 25.9 Å². The summed E-state index contributed by atoms with van der Waals surface area (Å²) in [5.74, 6) is -1.06. The van der Waals surface area contributed by atoms with Crippen molar-refractivity contribution in [1.29, 1.82) is 0 Å². The summed E-state index contributed by atoms with van der Waals surface area (Å²) in [6.07, 6.45) is 1.51. The predicted octanol–water partition coefficient (Wildman–Crippen LogP) is 4.45. The Labute approximate surface area is 216 Å². The molecule has 9 nitrogen and oxygen atoms in total. The maximum absolute atomic E-state index is 12.8. The number of carbonyl (C=O) groups excluding carboxylic acids is 4. The molecule has 2 aromatic carbocycles. The zero-order valence-corrected chi connectivity index (χ0v) is 21.9. The van der Waals surface area contributed by atoms with Crippen LogP contribution in [0.1, 0.15) is 5.56 Å². The fraction of sp³-hybridized carbons (Fsp3) is 0.182. The fourth-order valence-electron chi connectivity index (χ4n) is 2.80. The van der Waals surface area contributed by atoms with Crippen LogP contribution in [-0.2, 0) is 19.1 Å². The summed E-state index contributed by atoms with van der Waals surface area (Å²) in [5.41, 5.74) is 1.06. The first-order valence-electron chi connectivity index (χ1n) is 9.60. The number of anilines is 1. The molecule has 0 aromatic heterocycles. The van der Waals surface area contributed by atoms with Crippen LogP contribution >= 0.6 is 43.6 Å². The van der Waals surface area contributed by atoms with Gasteiger partial charge in [0, 0.05) is 8.95 Å². The predicted molar refractivity (Wildman–Crippen MR) is 134 cm³/mol. The third kappa shape index (κ3) is 6.19. The van der Waals surface area contributed by atoms with Gasteiger partial charge in [0.2, 0.25) is 5.91 Å². The smallest absolute Gasteiger partial charge is 0.343 e. The molecule has 178 valence electrons. The second kappa shape index (κ2) is 11.5. The van der Waals surface area contributed by atoms with Crippen LogP contribution in [0.5, 0.6) is 11.5 Å². The highest BCUT2D eigenvalue weighted by molar-refractivity contribution is 9.11. The van der Waals surface area contributed by atoms with E-state index in [9.17, 15) is 19.2 Å². The van der Waals surface area contributed by atoms with Gasteiger partial charge in [-0.3, -0.25) is 19.3 Å². The minimum absolute atomic E-state index is 0.143. The number of hydrogen-bond donors (Lipinski definition) is 1. The van der Waals surface area contributed by atoms with Crippen molar-refractivity contribution in [3.8, 4) is 11.5 Å². The standard InChI is InChI=1S/C22H18Br2N2O7S/c1-31-16-7-12(14(24)9-17(16)33-11-20(28)32-2)8-18-21(29)26(22(30)34-18)10-19(27)25-15-6-4-3-5-13(15)23/h3-9H,10-11H2,1-2H3,(H,25,27)/b18-8+. The SMILES string of the molecule is COC(=O)COc1cc(Br)c(/C=C2/SC(=O)N(CC(=O)Nc3ccccc3Br)C2=O)cc1OC. The van der Waals surface area contributed by atoms with E-state index < -0.39 is 29.6 Å². The van der Waals surface area contributed by atoms with Crippen molar-refractivity contribution < 1.29 is 33.4 Å². The number of thioether (sulfide) groups is 1. The average Bonchev–Trinajstić information content (AvgIpc) is 3.07. The number of imide groups is 1. The van der Waals surface area contributed by atoms with Gasteiger partial charge in [-0.25, -0.2) is 4.79 Å². The van der Waals surface area contributed by atoms with Crippen molar-refractivity contribution in [2.45, 2.75) is 0 Å². The number of ether oxygens (including phenoxy) is 3. The van der Waals surface area contributed by atoms with Gasteiger partial charge in [0.25, 0.3) is 11.1 Å². The van der Waals surface area contributed by atoms with Gasteiger partial charge in [0.05, 0.1) is 24.8 Å². The molecule has 0 aliphatic carbocycles. The number of benzene rings is 2. The monoisotopic (exact) mass is 612 g/mol. The van der Waals surface area contributed by atoms with Crippen LogP contribution in [0, 0.1) is 0 Å². The molecule has 0 bridgehead atoms. The molecule has 0 saturated carbocycles. The van der Waals surface area contributed by atoms with Crippen LogP contribution < -0.4 is 14.8 Å². The van der Waals surface area contributed by atoms with E-state index in [0.717, 1.165) is 16.7 Å². The minimum atomic E-state index is -0.589. The summed E-state index contributed by atoms with van der Waals surface area (Å²) in [5, 5.41) is 2.11. The number of nitrogens with one attached hydrogen (secondary N) is 1. The number of para-hydroxylation sites is 1. The topological polar surface area (TPSA) is 111 Å². The van der Waals surface area contributed by atoms with E-state index >= 15 is 0 Å². The highest BCUT2D eigenvalue weighted by Crippen LogP contribution is 2.38. The van der Waals surface area contributed by atoms with Crippen molar-refractivity contribution in [1.82, 2.24) is 4.90 Å². The normalized spacial score (nSPS) is 14.4. The molecule has 1 fully saturated rings. The molecule has 1 saturated heterocycles. The van der Waals surface area contributed by atoms with Gasteiger partial charge in [-0.15, -0.1) is 0 Å². The number of nitrogens with zero attached hydrogens (tertiary/aromatic N) is 1. The fourth-order valence-corrected chi connectivity index (χ4v) is 4.45. The highest BCUT2D eigenvalue weighted by atomic mass is 79.9. The van der Waals surface area contributed by atoms with Crippen molar-refractivity contribution >= 4 is 78.4 Å². The Kier molecular flexibility index (Phi) is 8.75. The van der Waals surface area contributed by atoms with Gasteiger partial charge in [0.15, 0.2) is 18.1 Å². The summed E-state index contributed by atoms with van der Waals surface area (Å²) in [7, 11) is 2.68. The van der Waals surface area contributed by atoms with Crippen molar-refractivity contribution in [3.05, 3.63) is 55.8 Å². The molecule has 3 rings (SSSR count). The Hall–Kier alpha value is -2.83. The van der Waals surface area contributed by atoms with Crippen LogP contribution in [0.25, 0.3) is 6.08 Å². The van der Waals surface area contributed by atoms with Gasteiger partial charge >= 0.3 is 5.97 Å². The highest BCUT2D eigenvalue weighted by Gasteiger charge is 2.36. The van der Waals surface area contributed by atoms with E-state index in [2.05, 4.69) is 41.9 Å². The van der Waals surface area contributed by atoms with Gasteiger partial charge in [-0.05, 0) is 63.6 Å². The molecule has 3 amide bonds. The second-order valence-corrected chi connectivity index (χ2v) is 9.39. The first kappa shape index (κ1) is 25.8. The molecule has 0 radical (unpaired) electrons. The average molecular weight is 614 g/mol. The largest absolute Gasteiger partial charge is 0.493 e. The summed E-state index contributed by atoms with van der Waals surface area (Å²) in [6.45, 7) is -0.729. The molecule has 0 spiro atoms. The molecule has 1 N–H and O–H groups in total. The Morgan fingerprint density at radius 3 is 2.50 bits per heavy atom. The molecule has 2 aromatic rings. The van der Waals surface area contributed by atoms with Crippen LogP contribution in [-0.4, -0.2) is 55.3 Å². The van der Waals surface area contributed by atoms with E-state index in [1.165, 1.54) is 20.3 Å².